The number of hydrogen-bond acceptors (Lipinski definition) is 8. The van der Waals surface area contributed by atoms with Gasteiger partial charge in [0, 0.05) is 0 Å². The lowest BCUT2D eigenvalue weighted by Gasteiger charge is -2.04. The molecule has 0 fully saturated rings. The maximum Gasteiger partial charge on any atom is 0.155 e. The third-order valence-electron chi connectivity index (χ3n) is 3.48. The van der Waals surface area contributed by atoms with Gasteiger partial charge in [0.15, 0.2) is 11.5 Å². The number of nitrogens with zero attached hydrogens (tertiary/aromatic N) is 4. The molecular weight excluding hydrogens is 413 g/mol. The summed E-state index contributed by atoms with van der Waals surface area (Å²) in [5.41, 5.74) is 8.37. The molecule has 0 saturated carbocycles. The molecule has 0 atom stereocenters. The molecule has 0 spiro atoms. The summed E-state index contributed by atoms with van der Waals surface area (Å²) in [7, 11) is 0. The predicted octanol–water partition coefficient (Wildman–Crippen LogP) is 5.91. The van der Waals surface area contributed by atoms with E-state index in [0.717, 1.165) is 5.69 Å². The topological polar surface area (TPSA) is 107 Å². The fourth-order valence-corrected chi connectivity index (χ4v) is 3.17. The second kappa shape index (κ2) is 8.70. The van der Waals surface area contributed by atoms with Crippen LogP contribution in [0.25, 0.3) is 5.69 Å². The highest BCUT2D eigenvalue weighted by molar-refractivity contribution is 7.94. The molecule has 0 bridgehead atoms. The Morgan fingerprint density at radius 1 is 1.15 bits per heavy atom. The average Bonchev–Trinajstić information content (AvgIpc) is 2.95. The molecule has 3 aromatic rings. The van der Waals surface area contributed by atoms with Crippen LogP contribution in [0.15, 0.2) is 57.6 Å². The van der Waals surface area contributed by atoms with Crippen LogP contribution in [-0.2, 0) is 9.37 Å². The Morgan fingerprint density at radius 2 is 1.89 bits per heavy atom. The van der Waals surface area contributed by atoms with Crippen molar-refractivity contribution in [1.82, 2.24) is 9.78 Å². The molecule has 3 N–H and O–H groups in total. The number of benzene rings is 2. The van der Waals surface area contributed by atoms with Crippen molar-refractivity contribution in [3.8, 4) is 5.69 Å². The summed E-state index contributed by atoms with van der Waals surface area (Å²) < 4.78 is 5.94. The minimum Gasteiger partial charge on any atom is -0.382 e. The van der Waals surface area contributed by atoms with Gasteiger partial charge in [-0.3, -0.25) is 0 Å². The lowest BCUT2D eigenvalue weighted by molar-refractivity contribution is -0.432. The van der Waals surface area contributed by atoms with Crippen molar-refractivity contribution in [2.24, 2.45) is 10.2 Å². The van der Waals surface area contributed by atoms with Gasteiger partial charge < -0.3 is 5.73 Å². The quantitative estimate of drug-likeness (QED) is 0.220. The summed E-state index contributed by atoms with van der Waals surface area (Å²) in [6.07, 6.45) is 0. The lowest BCUT2D eigenvalue weighted by atomic mass is 10.3. The van der Waals surface area contributed by atoms with Crippen molar-refractivity contribution in [3.63, 3.8) is 0 Å². The minimum absolute atomic E-state index is 0.277. The maximum absolute atomic E-state index is 8.22. The molecule has 3 rings (SSSR count). The number of aryl methyl sites for hydroxylation is 1. The van der Waals surface area contributed by atoms with Crippen LogP contribution < -0.4 is 5.73 Å². The first-order valence-electron chi connectivity index (χ1n) is 7.47. The van der Waals surface area contributed by atoms with E-state index in [-0.39, 0.29) is 5.02 Å². The van der Waals surface area contributed by atoms with Gasteiger partial charge in [-0.25, -0.2) is 9.94 Å². The molecule has 11 heteroatoms. The molecular formula is C16H13Cl2N5O3S. The molecule has 0 saturated heterocycles. The van der Waals surface area contributed by atoms with E-state index >= 15 is 0 Å². The molecule has 1 aromatic heterocycles. The van der Waals surface area contributed by atoms with E-state index in [2.05, 4.69) is 24.7 Å². The zero-order valence-corrected chi connectivity index (χ0v) is 16.2. The van der Waals surface area contributed by atoms with Crippen molar-refractivity contribution < 1.29 is 14.6 Å². The lowest BCUT2D eigenvalue weighted by Crippen LogP contribution is -2.01. The molecule has 1 heterocycles. The molecule has 0 radical (unpaired) electrons. The van der Waals surface area contributed by atoms with Crippen LogP contribution >= 0.6 is 35.2 Å². The number of azo groups is 1. The van der Waals surface area contributed by atoms with Gasteiger partial charge in [0.05, 0.1) is 38.4 Å². The van der Waals surface area contributed by atoms with Gasteiger partial charge in [0.1, 0.15) is 5.69 Å². The van der Waals surface area contributed by atoms with Gasteiger partial charge in [-0.2, -0.15) is 5.10 Å². The standard InChI is InChI=1S/C16H13Cl2N5O3S/c1-9-15(16(19)23(22-9)10-5-3-2-4-6-10)21-20-13-7-12(18)14(8-11(13)17)27-26-25-24/h2-8,24H,19H2,1H3. The van der Waals surface area contributed by atoms with Crippen molar-refractivity contribution in [1.29, 1.82) is 0 Å². The van der Waals surface area contributed by atoms with Crippen LogP contribution in [0.4, 0.5) is 17.2 Å². The third kappa shape index (κ3) is 4.41. The van der Waals surface area contributed by atoms with E-state index in [9.17, 15) is 0 Å². The first kappa shape index (κ1) is 19.6. The Bertz CT molecular complexity index is 982. The molecule has 27 heavy (non-hydrogen) atoms. The Balaban J connectivity index is 1.91. The van der Waals surface area contributed by atoms with Crippen LogP contribution in [0.1, 0.15) is 5.69 Å². The Labute approximate surface area is 168 Å². The van der Waals surface area contributed by atoms with Crippen LogP contribution in [0.2, 0.25) is 10.0 Å². The van der Waals surface area contributed by atoms with Crippen LogP contribution in [-0.4, -0.2) is 15.0 Å². The smallest absolute Gasteiger partial charge is 0.155 e. The molecule has 2 aromatic carbocycles. The molecule has 8 nitrogen and oxygen atoms in total. The number of rotatable bonds is 6. The number of hydrogen-bond donors (Lipinski definition) is 2. The van der Waals surface area contributed by atoms with Gasteiger partial charge in [0.25, 0.3) is 0 Å². The zero-order valence-electron chi connectivity index (χ0n) is 13.8. The highest BCUT2D eigenvalue weighted by atomic mass is 35.5. The van der Waals surface area contributed by atoms with Crippen molar-refractivity contribution in [2.75, 3.05) is 5.73 Å². The summed E-state index contributed by atoms with van der Waals surface area (Å²) in [5.74, 6) is 0.352. The maximum atomic E-state index is 8.22. The summed E-state index contributed by atoms with van der Waals surface area (Å²) in [5, 5.41) is 25.0. The average molecular weight is 426 g/mol. The Hall–Kier alpha value is -2.14. The van der Waals surface area contributed by atoms with Crippen molar-refractivity contribution >= 4 is 52.4 Å². The van der Waals surface area contributed by atoms with E-state index in [4.69, 9.17) is 34.2 Å². The first-order chi connectivity index (χ1) is 13.0. The summed E-state index contributed by atoms with van der Waals surface area (Å²) in [4.78, 5) is 0.433. The highest BCUT2D eigenvalue weighted by Gasteiger charge is 2.14. The molecule has 0 aliphatic heterocycles. The first-order valence-corrected chi connectivity index (χ1v) is 8.97. The number of aromatic nitrogens is 2. The van der Waals surface area contributed by atoms with Gasteiger partial charge in [0.2, 0.25) is 0 Å². The normalized spacial score (nSPS) is 11.4. The number of nitrogen functional groups attached to an aromatic ring is 1. The number of anilines is 1. The number of para-hydroxylation sites is 1. The fourth-order valence-electron chi connectivity index (χ4n) is 2.24. The summed E-state index contributed by atoms with van der Waals surface area (Å²) in [6, 6.07) is 12.5. The molecule has 0 aliphatic rings. The van der Waals surface area contributed by atoms with E-state index in [1.807, 2.05) is 30.3 Å². The van der Waals surface area contributed by atoms with Gasteiger partial charge in [-0.05, 0) is 31.2 Å². The second-order valence-electron chi connectivity index (χ2n) is 5.23. The van der Waals surface area contributed by atoms with Gasteiger partial charge in [-0.15, -0.1) is 14.6 Å². The number of halogens is 2. The van der Waals surface area contributed by atoms with E-state index in [1.54, 1.807) is 11.6 Å². The third-order valence-corrected chi connectivity index (χ3v) is 4.85. The summed E-state index contributed by atoms with van der Waals surface area (Å²) >= 11 is 13.0. The Morgan fingerprint density at radius 3 is 2.59 bits per heavy atom. The van der Waals surface area contributed by atoms with E-state index in [0.29, 0.717) is 44.8 Å². The Kier molecular flexibility index (Phi) is 6.32. The fraction of sp³-hybridized carbons (Fsp3) is 0.0625. The molecule has 0 unspecified atom stereocenters. The van der Waals surface area contributed by atoms with Crippen LogP contribution in [0.5, 0.6) is 0 Å². The predicted molar refractivity (Wildman–Crippen MR) is 104 cm³/mol. The van der Waals surface area contributed by atoms with Crippen LogP contribution in [0, 0.1) is 6.92 Å². The van der Waals surface area contributed by atoms with E-state index in [1.165, 1.54) is 12.1 Å². The largest absolute Gasteiger partial charge is 0.382 e. The minimum atomic E-state index is 0.277. The second-order valence-corrected chi connectivity index (χ2v) is 6.78. The van der Waals surface area contributed by atoms with Crippen molar-refractivity contribution in [3.05, 3.63) is 58.2 Å². The summed E-state index contributed by atoms with van der Waals surface area (Å²) in [6.45, 7) is 1.78. The SMILES string of the molecule is Cc1nn(-c2ccccc2)c(N)c1N=Nc1cc(Cl)c(SOOO)cc1Cl. The molecule has 0 aliphatic carbocycles. The van der Waals surface area contributed by atoms with Gasteiger partial charge in [-0.1, -0.05) is 46.4 Å². The number of nitrogens with two attached hydrogens (primary N) is 1. The van der Waals surface area contributed by atoms with Crippen molar-refractivity contribution in [2.45, 2.75) is 11.8 Å². The molecule has 140 valence electrons. The van der Waals surface area contributed by atoms with Gasteiger partial charge >= 0.3 is 0 Å². The zero-order chi connectivity index (χ0) is 19.4. The highest BCUT2D eigenvalue weighted by Crippen LogP contribution is 2.38. The molecule has 0 amide bonds. The monoisotopic (exact) mass is 425 g/mol. The van der Waals surface area contributed by atoms with E-state index < -0.39 is 0 Å². The van der Waals surface area contributed by atoms with Crippen LogP contribution in [0.3, 0.4) is 0 Å².